The maximum absolute atomic E-state index is 6.22. The number of nitrogens with zero attached hydrogens (tertiary/aromatic N) is 1. The van der Waals surface area contributed by atoms with Crippen LogP contribution in [0.25, 0.3) is 0 Å². The molecule has 1 unspecified atom stereocenters. The van der Waals surface area contributed by atoms with E-state index in [-0.39, 0.29) is 0 Å². The molecule has 0 saturated heterocycles. The maximum atomic E-state index is 6.22. The van der Waals surface area contributed by atoms with Crippen LogP contribution in [-0.4, -0.2) is 6.54 Å². The lowest BCUT2D eigenvalue weighted by Crippen LogP contribution is -2.29. The third-order valence-electron chi connectivity index (χ3n) is 3.44. The minimum Gasteiger partial charge on any atom is -0.309 e. The van der Waals surface area contributed by atoms with Gasteiger partial charge in [-0.25, -0.2) is 5.84 Å². The number of halogens is 2. The summed E-state index contributed by atoms with van der Waals surface area (Å²) in [5, 5.41) is 3.26. The smallest absolute Gasteiger partial charge is 0.0742 e. The van der Waals surface area contributed by atoms with Crippen molar-refractivity contribution in [1.82, 2.24) is 0 Å². The lowest BCUT2D eigenvalue weighted by Gasteiger charge is -2.21. The molecule has 0 aromatic heterocycles. The summed E-state index contributed by atoms with van der Waals surface area (Å²) in [5.41, 5.74) is 3.57. The Morgan fingerprint density at radius 1 is 1.33 bits per heavy atom. The fourth-order valence-corrected chi connectivity index (χ4v) is 3.51. The lowest BCUT2D eigenvalue weighted by atomic mass is 9.84. The normalized spacial score (nSPS) is 23.1. The molecular weight excluding hydrogens is 231 g/mol. The van der Waals surface area contributed by atoms with Gasteiger partial charge in [-0.3, -0.25) is 0 Å². The van der Waals surface area contributed by atoms with Crippen LogP contribution in [-0.2, 0) is 6.42 Å². The first-order chi connectivity index (χ1) is 7.18. The second kappa shape index (κ2) is 3.27. The Labute approximate surface area is 98.9 Å². The van der Waals surface area contributed by atoms with Crippen molar-refractivity contribution in [1.29, 1.82) is 0 Å². The largest absolute Gasteiger partial charge is 0.309 e. The van der Waals surface area contributed by atoms with Gasteiger partial charge >= 0.3 is 0 Å². The van der Waals surface area contributed by atoms with Crippen LogP contribution in [0.1, 0.15) is 29.9 Å². The molecule has 2 nitrogen and oxygen atoms in total. The van der Waals surface area contributed by atoms with E-state index >= 15 is 0 Å². The topological polar surface area (TPSA) is 29.3 Å². The number of hydrogen-bond donors (Lipinski definition) is 1. The molecule has 0 fully saturated rings. The van der Waals surface area contributed by atoms with E-state index in [4.69, 9.17) is 29.0 Å². The highest BCUT2D eigenvalue weighted by Crippen LogP contribution is 2.48. The van der Waals surface area contributed by atoms with Gasteiger partial charge in [-0.1, -0.05) is 23.2 Å². The standard InChI is InChI=1S/C11H12Cl2N2/c12-8-4-9(13)11-10-6(5-15(11)14)2-1-3-7(8)10/h4,6H,1-3,5,14H2. The Bertz CT molecular complexity index is 431. The molecule has 0 radical (unpaired) electrons. The van der Waals surface area contributed by atoms with Crippen molar-refractivity contribution in [2.45, 2.75) is 25.2 Å². The molecule has 0 amide bonds. The number of anilines is 1. The number of hydrogen-bond acceptors (Lipinski definition) is 2. The molecule has 1 aromatic rings. The first-order valence-electron chi connectivity index (χ1n) is 5.21. The molecule has 2 N–H and O–H groups in total. The van der Waals surface area contributed by atoms with Gasteiger partial charge in [0.05, 0.1) is 10.7 Å². The molecule has 15 heavy (non-hydrogen) atoms. The van der Waals surface area contributed by atoms with E-state index in [0.29, 0.717) is 10.9 Å². The van der Waals surface area contributed by atoms with Gasteiger partial charge in [-0.05, 0) is 36.5 Å². The van der Waals surface area contributed by atoms with Gasteiger partial charge in [0, 0.05) is 17.5 Å². The Hall–Kier alpha value is -0.440. The van der Waals surface area contributed by atoms with Crippen molar-refractivity contribution in [3.63, 3.8) is 0 Å². The van der Waals surface area contributed by atoms with Gasteiger partial charge < -0.3 is 5.01 Å². The van der Waals surface area contributed by atoms with Crippen LogP contribution < -0.4 is 10.9 Å². The number of nitrogens with two attached hydrogens (primary N) is 1. The second-order valence-corrected chi connectivity index (χ2v) is 5.14. The van der Waals surface area contributed by atoms with Crippen LogP contribution in [0.3, 0.4) is 0 Å². The van der Waals surface area contributed by atoms with Crippen LogP contribution in [0.2, 0.25) is 10.0 Å². The molecule has 1 heterocycles. The minimum absolute atomic E-state index is 0.532. The molecule has 1 aliphatic heterocycles. The summed E-state index contributed by atoms with van der Waals surface area (Å²) in [6, 6.07) is 1.82. The predicted octanol–water partition coefficient (Wildman–Crippen LogP) is 3.11. The fraction of sp³-hybridized carbons (Fsp3) is 0.455. The highest BCUT2D eigenvalue weighted by Gasteiger charge is 2.34. The Balaban J connectivity index is 2.30. The molecule has 80 valence electrons. The van der Waals surface area contributed by atoms with Gasteiger partial charge in [-0.2, -0.15) is 0 Å². The van der Waals surface area contributed by atoms with Crippen molar-refractivity contribution in [3.05, 3.63) is 27.2 Å². The zero-order chi connectivity index (χ0) is 10.6. The van der Waals surface area contributed by atoms with Crippen LogP contribution >= 0.6 is 23.2 Å². The molecule has 1 aromatic carbocycles. The Morgan fingerprint density at radius 3 is 2.93 bits per heavy atom. The number of hydrazine groups is 1. The zero-order valence-electron chi connectivity index (χ0n) is 8.26. The second-order valence-electron chi connectivity index (χ2n) is 4.32. The first kappa shape index (κ1) is 9.76. The predicted molar refractivity (Wildman–Crippen MR) is 63.7 cm³/mol. The summed E-state index contributed by atoms with van der Waals surface area (Å²) >= 11 is 12.4. The van der Waals surface area contributed by atoms with Crippen molar-refractivity contribution >= 4 is 28.9 Å². The third-order valence-corrected chi connectivity index (χ3v) is 4.07. The summed E-state index contributed by atoms with van der Waals surface area (Å²) in [7, 11) is 0. The molecule has 0 bridgehead atoms. The third kappa shape index (κ3) is 1.28. The molecule has 4 heteroatoms. The highest BCUT2D eigenvalue weighted by atomic mass is 35.5. The fourth-order valence-electron chi connectivity index (χ4n) is 2.83. The average Bonchev–Trinajstić information content (AvgIpc) is 2.51. The lowest BCUT2D eigenvalue weighted by molar-refractivity contribution is 0.575. The van der Waals surface area contributed by atoms with E-state index < -0.39 is 0 Å². The summed E-state index contributed by atoms with van der Waals surface area (Å²) in [6.07, 6.45) is 3.46. The Kier molecular flexibility index (Phi) is 2.13. The molecule has 3 rings (SSSR count). The van der Waals surface area contributed by atoms with E-state index in [2.05, 4.69) is 0 Å². The van der Waals surface area contributed by atoms with E-state index in [1.54, 1.807) is 5.01 Å². The van der Waals surface area contributed by atoms with Gasteiger partial charge in [0.15, 0.2) is 0 Å². The number of benzene rings is 1. The minimum atomic E-state index is 0.532. The molecule has 0 saturated carbocycles. The van der Waals surface area contributed by atoms with Crippen LogP contribution in [0, 0.1) is 0 Å². The summed E-state index contributed by atoms with van der Waals surface area (Å²) in [4.78, 5) is 0. The van der Waals surface area contributed by atoms with E-state index in [1.165, 1.54) is 24.0 Å². The van der Waals surface area contributed by atoms with Crippen molar-refractivity contribution in [2.24, 2.45) is 5.84 Å². The summed E-state index contributed by atoms with van der Waals surface area (Å²) < 4.78 is 0. The average molecular weight is 243 g/mol. The van der Waals surface area contributed by atoms with Crippen LogP contribution in [0.15, 0.2) is 6.07 Å². The van der Waals surface area contributed by atoms with Gasteiger partial charge in [0.2, 0.25) is 0 Å². The van der Waals surface area contributed by atoms with Gasteiger partial charge in [-0.15, -0.1) is 0 Å². The van der Waals surface area contributed by atoms with Crippen LogP contribution in [0.5, 0.6) is 0 Å². The Morgan fingerprint density at radius 2 is 2.13 bits per heavy atom. The summed E-state index contributed by atoms with van der Waals surface area (Å²) in [5.74, 6) is 6.50. The van der Waals surface area contributed by atoms with Gasteiger partial charge in [0.25, 0.3) is 0 Å². The van der Waals surface area contributed by atoms with Crippen molar-refractivity contribution in [2.75, 3.05) is 11.6 Å². The van der Waals surface area contributed by atoms with Crippen molar-refractivity contribution in [3.8, 4) is 0 Å². The van der Waals surface area contributed by atoms with Crippen LogP contribution in [0.4, 0.5) is 5.69 Å². The summed E-state index contributed by atoms with van der Waals surface area (Å²) in [6.45, 7) is 0.877. The van der Waals surface area contributed by atoms with Crippen molar-refractivity contribution < 1.29 is 0 Å². The monoisotopic (exact) mass is 242 g/mol. The zero-order valence-corrected chi connectivity index (χ0v) is 9.78. The maximum Gasteiger partial charge on any atom is 0.0742 e. The highest BCUT2D eigenvalue weighted by molar-refractivity contribution is 6.37. The molecule has 0 spiro atoms. The van der Waals surface area contributed by atoms with Gasteiger partial charge in [0.1, 0.15) is 0 Å². The molecule has 2 aliphatic rings. The number of rotatable bonds is 0. The molecule has 1 atom stereocenters. The first-order valence-corrected chi connectivity index (χ1v) is 5.97. The van der Waals surface area contributed by atoms with E-state index in [9.17, 15) is 0 Å². The molecule has 1 aliphatic carbocycles. The van der Waals surface area contributed by atoms with E-state index in [0.717, 1.165) is 23.7 Å². The van der Waals surface area contributed by atoms with E-state index in [1.807, 2.05) is 6.07 Å². The SMILES string of the molecule is NN1CC2CCCc3c(Cl)cc(Cl)c1c32. The quantitative estimate of drug-likeness (QED) is 0.709. The molecular formula is C11H12Cl2N2.